The third-order valence-corrected chi connectivity index (χ3v) is 5.30. The Bertz CT molecular complexity index is 987. The second kappa shape index (κ2) is 8.50. The number of hydrogen-bond donors (Lipinski definition) is 1. The molecule has 0 aliphatic carbocycles. The summed E-state index contributed by atoms with van der Waals surface area (Å²) in [5.74, 6) is -0.444. The van der Waals surface area contributed by atoms with Crippen LogP contribution in [0, 0.1) is 10.1 Å². The third-order valence-electron chi connectivity index (χ3n) is 5.30. The van der Waals surface area contributed by atoms with Gasteiger partial charge >= 0.3 is 0 Å². The number of nitro groups is 1. The number of morpholine rings is 1. The largest absolute Gasteiger partial charge is 0.378 e. The summed E-state index contributed by atoms with van der Waals surface area (Å²) in [5, 5.41) is 14.1. The maximum atomic E-state index is 13.2. The molecule has 2 aliphatic rings. The molecule has 9 heteroatoms. The second-order valence-electron chi connectivity index (χ2n) is 7.18. The Labute approximate surface area is 173 Å². The highest BCUT2D eigenvalue weighted by atomic mass is 16.6. The lowest BCUT2D eigenvalue weighted by Crippen LogP contribution is -2.37. The van der Waals surface area contributed by atoms with E-state index in [0.29, 0.717) is 56.3 Å². The Morgan fingerprint density at radius 2 is 1.83 bits per heavy atom. The zero-order valence-corrected chi connectivity index (χ0v) is 16.4. The number of anilines is 3. The zero-order valence-electron chi connectivity index (χ0n) is 16.4. The number of benzene rings is 2. The molecule has 2 amide bonds. The first-order valence-corrected chi connectivity index (χ1v) is 9.86. The summed E-state index contributed by atoms with van der Waals surface area (Å²) in [4.78, 5) is 39.8. The fraction of sp³-hybridized carbons (Fsp3) is 0.333. The highest BCUT2D eigenvalue weighted by molar-refractivity contribution is 6.11. The summed E-state index contributed by atoms with van der Waals surface area (Å²) in [5.41, 5.74) is 1.81. The van der Waals surface area contributed by atoms with E-state index in [2.05, 4.69) is 5.32 Å². The fourth-order valence-corrected chi connectivity index (χ4v) is 3.81. The van der Waals surface area contributed by atoms with Crippen molar-refractivity contribution in [2.45, 2.75) is 12.8 Å². The van der Waals surface area contributed by atoms with Crippen LogP contribution >= 0.6 is 0 Å². The van der Waals surface area contributed by atoms with Gasteiger partial charge in [-0.25, -0.2) is 0 Å². The number of non-ortho nitro benzene ring substituents is 1. The van der Waals surface area contributed by atoms with Crippen LogP contribution in [0.25, 0.3) is 0 Å². The topological polar surface area (TPSA) is 105 Å². The minimum Gasteiger partial charge on any atom is -0.378 e. The molecule has 2 aromatic rings. The number of nitrogens with zero attached hydrogens (tertiary/aromatic N) is 3. The molecule has 0 atom stereocenters. The summed E-state index contributed by atoms with van der Waals surface area (Å²) < 4.78 is 5.37. The number of hydrogen-bond acceptors (Lipinski definition) is 6. The van der Waals surface area contributed by atoms with E-state index in [0.717, 1.165) is 6.42 Å². The van der Waals surface area contributed by atoms with Gasteiger partial charge in [0.1, 0.15) is 0 Å². The molecule has 0 unspecified atom stereocenters. The van der Waals surface area contributed by atoms with Crippen molar-refractivity contribution < 1.29 is 19.2 Å². The molecule has 4 rings (SSSR count). The van der Waals surface area contributed by atoms with Gasteiger partial charge < -0.3 is 19.9 Å². The quantitative estimate of drug-likeness (QED) is 0.600. The minimum absolute atomic E-state index is 0.0149. The van der Waals surface area contributed by atoms with E-state index in [-0.39, 0.29) is 17.2 Å². The summed E-state index contributed by atoms with van der Waals surface area (Å²) >= 11 is 0. The summed E-state index contributed by atoms with van der Waals surface area (Å²) in [6, 6.07) is 11.4. The first-order valence-electron chi connectivity index (χ1n) is 9.86. The fourth-order valence-electron chi connectivity index (χ4n) is 3.81. The first-order chi connectivity index (χ1) is 14.5. The third kappa shape index (κ3) is 3.97. The molecule has 156 valence electrons. The standard InChI is InChI=1S/C21H22N4O5/c26-20-6-3-9-24(20)19-5-2-1-4-17(19)22-21(27)16-14-15(25(28)29)7-8-18(16)23-10-12-30-13-11-23/h1-2,4-5,7-8,14H,3,6,9-13H2,(H,22,27). The van der Waals surface area contributed by atoms with Crippen LogP contribution in [0.4, 0.5) is 22.7 Å². The van der Waals surface area contributed by atoms with Gasteiger partial charge in [-0.1, -0.05) is 12.1 Å². The molecule has 9 nitrogen and oxygen atoms in total. The van der Waals surface area contributed by atoms with Crippen molar-refractivity contribution in [1.29, 1.82) is 0 Å². The normalized spacial score (nSPS) is 16.6. The minimum atomic E-state index is -0.517. The van der Waals surface area contributed by atoms with Crippen LogP contribution in [0.1, 0.15) is 23.2 Å². The van der Waals surface area contributed by atoms with Crippen molar-refractivity contribution in [3.8, 4) is 0 Å². The van der Waals surface area contributed by atoms with Gasteiger partial charge in [0, 0.05) is 38.2 Å². The smallest absolute Gasteiger partial charge is 0.270 e. The SMILES string of the molecule is O=C(Nc1ccccc1N1CCCC1=O)c1cc([N+](=O)[O-])ccc1N1CCOCC1. The number of nitrogens with one attached hydrogen (secondary N) is 1. The van der Waals surface area contributed by atoms with E-state index in [9.17, 15) is 19.7 Å². The molecule has 0 saturated carbocycles. The lowest BCUT2D eigenvalue weighted by Gasteiger charge is -2.30. The Morgan fingerprint density at radius 1 is 1.07 bits per heavy atom. The molecule has 1 N–H and O–H groups in total. The molecular formula is C21H22N4O5. The second-order valence-corrected chi connectivity index (χ2v) is 7.18. The number of para-hydroxylation sites is 2. The molecular weight excluding hydrogens is 388 g/mol. The maximum absolute atomic E-state index is 13.2. The first kappa shape index (κ1) is 19.8. The van der Waals surface area contributed by atoms with Crippen molar-refractivity contribution in [2.24, 2.45) is 0 Å². The highest BCUT2D eigenvalue weighted by Gasteiger charge is 2.26. The van der Waals surface area contributed by atoms with E-state index in [1.807, 2.05) is 11.0 Å². The van der Waals surface area contributed by atoms with Crippen LogP contribution in [0.5, 0.6) is 0 Å². The Morgan fingerprint density at radius 3 is 2.53 bits per heavy atom. The molecule has 2 fully saturated rings. The van der Waals surface area contributed by atoms with Gasteiger partial charge in [-0.05, 0) is 24.6 Å². The monoisotopic (exact) mass is 410 g/mol. The lowest BCUT2D eigenvalue weighted by atomic mass is 10.1. The molecule has 30 heavy (non-hydrogen) atoms. The predicted molar refractivity (Wildman–Crippen MR) is 112 cm³/mol. The number of carbonyl (C=O) groups is 2. The van der Waals surface area contributed by atoms with E-state index >= 15 is 0 Å². The van der Waals surface area contributed by atoms with Crippen molar-refractivity contribution in [1.82, 2.24) is 0 Å². The van der Waals surface area contributed by atoms with Gasteiger partial charge in [-0.2, -0.15) is 0 Å². The van der Waals surface area contributed by atoms with E-state index < -0.39 is 10.8 Å². The molecule has 2 aromatic carbocycles. The molecule has 2 aliphatic heterocycles. The van der Waals surface area contributed by atoms with Crippen LogP contribution in [-0.4, -0.2) is 49.6 Å². The number of nitro benzene ring substituents is 1. The van der Waals surface area contributed by atoms with Gasteiger partial charge in [0.05, 0.1) is 40.8 Å². The van der Waals surface area contributed by atoms with E-state index in [4.69, 9.17) is 4.74 Å². The van der Waals surface area contributed by atoms with Crippen LogP contribution in [0.3, 0.4) is 0 Å². The van der Waals surface area contributed by atoms with Crippen LogP contribution < -0.4 is 15.1 Å². The van der Waals surface area contributed by atoms with Crippen molar-refractivity contribution >= 4 is 34.6 Å². The van der Waals surface area contributed by atoms with Gasteiger partial charge in [-0.3, -0.25) is 19.7 Å². The summed E-state index contributed by atoms with van der Waals surface area (Å²) in [6.45, 7) is 2.84. The van der Waals surface area contributed by atoms with E-state index in [1.165, 1.54) is 12.1 Å². The average Bonchev–Trinajstić information content (AvgIpc) is 3.20. The zero-order chi connectivity index (χ0) is 21.1. The summed E-state index contributed by atoms with van der Waals surface area (Å²) in [6.07, 6.45) is 1.25. The maximum Gasteiger partial charge on any atom is 0.270 e. The number of rotatable bonds is 5. The van der Waals surface area contributed by atoms with Crippen molar-refractivity contribution in [2.75, 3.05) is 48.0 Å². The van der Waals surface area contributed by atoms with Gasteiger partial charge in [-0.15, -0.1) is 0 Å². The number of carbonyl (C=O) groups excluding carboxylic acids is 2. The summed E-state index contributed by atoms with van der Waals surface area (Å²) in [7, 11) is 0. The molecule has 0 radical (unpaired) electrons. The highest BCUT2D eigenvalue weighted by Crippen LogP contribution is 2.32. The van der Waals surface area contributed by atoms with Gasteiger partial charge in [0.2, 0.25) is 5.91 Å². The Balaban J connectivity index is 1.67. The Hall–Kier alpha value is -3.46. The van der Waals surface area contributed by atoms with Crippen LogP contribution in [-0.2, 0) is 9.53 Å². The Kier molecular flexibility index (Phi) is 5.62. The molecule has 0 spiro atoms. The number of ether oxygens (including phenoxy) is 1. The van der Waals surface area contributed by atoms with Crippen molar-refractivity contribution in [3.05, 3.63) is 58.1 Å². The molecule has 0 aromatic heterocycles. The average molecular weight is 410 g/mol. The van der Waals surface area contributed by atoms with Crippen LogP contribution in [0.2, 0.25) is 0 Å². The predicted octanol–water partition coefficient (Wildman–Crippen LogP) is 2.81. The number of amides is 2. The van der Waals surface area contributed by atoms with Gasteiger partial charge in [0.15, 0.2) is 0 Å². The lowest BCUT2D eigenvalue weighted by molar-refractivity contribution is -0.384. The van der Waals surface area contributed by atoms with Crippen LogP contribution in [0.15, 0.2) is 42.5 Å². The van der Waals surface area contributed by atoms with Crippen molar-refractivity contribution in [3.63, 3.8) is 0 Å². The molecule has 0 bridgehead atoms. The van der Waals surface area contributed by atoms with E-state index in [1.54, 1.807) is 29.2 Å². The molecule has 2 heterocycles. The van der Waals surface area contributed by atoms with Gasteiger partial charge in [0.25, 0.3) is 11.6 Å². The molecule has 2 saturated heterocycles.